The molecule has 1 aromatic carbocycles. The van der Waals surface area contributed by atoms with Gasteiger partial charge in [0.15, 0.2) is 0 Å². The molecular weight excluding hydrogens is 311 g/mol. The van der Waals surface area contributed by atoms with Crippen molar-refractivity contribution in [3.8, 4) is 5.69 Å². The molecule has 24 heavy (non-hydrogen) atoms. The minimum atomic E-state index is -0.310. The number of halogens is 1. The van der Waals surface area contributed by atoms with Gasteiger partial charge in [-0.3, -0.25) is 0 Å². The van der Waals surface area contributed by atoms with Crippen LogP contribution in [0.2, 0.25) is 0 Å². The number of rotatable bonds is 5. The second kappa shape index (κ2) is 6.99. The molecule has 0 saturated heterocycles. The lowest BCUT2D eigenvalue weighted by atomic mass is 10.2. The molecule has 2 N–H and O–H groups in total. The molecule has 0 fully saturated rings. The number of benzene rings is 1. The van der Waals surface area contributed by atoms with E-state index in [0.29, 0.717) is 11.5 Å². The zero-order valence-corrected chi connectivity index (χ0v) is 13.1. The lowest BCUT2D eigenvalue weighted by Gasteiger charge is -2.11. The van der Waals surface area contributed by atoms with Gasteiger partial charge in [0.2, 0.25) is 0 Å². The largest absolute Gasteiger partial charge is 0.467 e. The van der Waals surface area contributed by atoms with Crippen molar-refractivity contribution in [2.45, 2.75) is 19.5 Å². The zero-order chi connectivity index (χ0) is 16.9. The first-order valence-corrected chi connectivity index (χ1v) is 7.50. The van der Waals surface area contributed by atoms with E-state index in [4.69, 9.17) is 4.42 Å². The topological polar surface area (TPSA) is 72.1 Å². The molecule has 7 heteroatoms. The third kappa shape index (κ3) is 3.81. The van der Waals surface area contributed by atoms with E-state index in [-0.39, 0.29) is 24.4 Å². The van der Waals surface area contributed by atoms with Crippen LogP contribution in [-0.2, 0) is 6.54 Å². The van der Waals surface area contributed by atoms with Crippen molar-refractivity contribution in [3.63, 3.8) is 0 Å². The van der Waals surface area contributed by atoms with E-state index in [0.717, 1.165) is 5.69 Å². The minimum absolute atomic E-state index is 0.225. The number of aromatic nitrogens is 2. The fraction of sp³-hybridized carbons (Fsp3) is 0.176. The maximum Gasteiger partial charge on any atom is 0.315 e. The summed E-state index contributed by atoms with van der Waals surface area (Å²) >= 11 is 0. The van der Waals surface area contributed by atoms with Crippen molar-refractivity contribution in [3.05, 3.63) is 72.2 Å². The zero-order valence-electron chi connectivity index (χ0n) is 13.1. The monoisotopic (exact) mass is 328 g/mol. The Labute approximate surface area is 138 Å². The summed E-state index contributed by atoms with van der Waals surface area (Å²) in [7, 11) is 0. The fourth-order valence-electron chi connectivity index (χ4n) is 2.22. The first-order chi connectivity index (χ1) is 11.6. The third-order valence-electron chi connectivity index (χ3n) is 3.48. The van der Waals surface area contributed by atoms with Gasteiger partial charge in [-0.05, 0) is 49.4 Å². The van der Waals surface area contributed by atoms with Gasteiger partial charge in [-0.15, -0.1) is 0 Å². The first kappa shape index (κ1) is 15.8. The van der Waals surface area contributed by atoms with Crippen molar-refractivity contribution in [2.24, 2.45) is 0 Å². The predicted molar refractivity (Wildman–Crippen MR) is 86.0 cm³/mol. The number of furan rings is 1. The standard InChI is InChI=1S/C17H17FN4O2/c1-12(16-3-2-10-24-16)20-17(23)19-11-14-8-9-22(21-14)15-6-4-13(18)5-7-15/h2-10,12H,11H2,1H3,(H2,19,20,23). The summed E-state index contributed by atoms with van der Waals surface area (Å²) in [4.78, 5) is 11.9. The Balaban J connectivity index is 1.53. The van der Waals surface area contributed by atoms with Crippen molar-refractivity contribution in [1.82, 2.24) is 20.4 Å². The van der Waals surface area contributed by atoms with Crippen molar-refractivity contribution in [2.75, 3.05) is 0 Å². The van der Waals surface area contributed by atoms with E-state index in [1.807, 2.05) is 6.92 Å². The van der Waals surface area contributed by atoms with Crippen molar-refractivity contribution >= 4 is 6.03 Å². The van der Waals surface area contributed by atoms with Crippen LogP contribution in [0.5, 0.6) is 0 Å². The Morgan fingerprint density at radius 3 is 2.79 bits per heavy atom. The average molecular weight is 328 g/mol. The molecule has 0 radical (unpaired) electrons. The number of carbonyl (C=O) groups excluding carboxylic acids is 1. The Kier molecular flexibility index (Phi) is 4.60. The van der Waals surface area contributed by atoms with Crippen LogP contribution >= 0.6 is 0 Å². The number of hydrogen-bond acceptors (Lipinski definition) is 3. The van der Waals surface area contributed by atoms with Gasteiger partial charge in [-0.1, -0.05) is 0 Å². The van der Waals surface area contributed by atoms with Crippen LogP contribution in [0.15, 0.2) is 59.3 Å². The lowest BCUT2D eigenvalue weighted by molar-refractivity contribution is 0.235. The molecule has 124 valence electrons. The Morgan fingerprint density at radius 2 is 2.08 bits per heavy atom. The number of carbonyl (C=O) groups is 1. The Morgan fingerprint density at radius 1 is 1.29 bits per heavy atom. The predicted octanol–water partition coefficient (Wildman–Crippen LogP) is 3.16. The van der Waals surface area contributed by atoms with Gasteiger partial charge in [0.05, 0.1) is 30.2 Å². The van der Waals surface area contributed by atoms with Crippen LogP contribution in [0.25, 0.3) is 5.69 Å². The molecule has 0 aliphatic rings. The van der Waals surface area contributed by atoms with E-state index >= 15 is 0 Å². The summed E-state index contributed by atoms with van der Waals surface area (Å²) in [5, 5.41) is 9.86. The van der Waals surface area contributed by atoms with Crippen LogP contribution in [-0.4, -0.2) is 15.8 Å². The van der Waals surface area contributed by atoms with E-state index in [1.54, 1.807) is 47.5 Å². The molecule has 0 bridgehead atoms. The lowest BCUT2D eigenvalue weighted by Crippen LogP contribution is -2.36. The van der Waals surface area contributed by atoms with Gasteiger partial charge in [-0.25, -0.2) is 13.9 Å². The highest BCUT2D eigenvalue weighted by molar-refractivity contribution is 5.74. The van der Waals surface area contributed by atoms with Crippen LogP contribution in [0.3, 0.4) is 0 Å². The van der Waals surface area contributed by atoms with E-state index < -0.39 is 0 Å². The van der Waals surface area contributed by atoms with Crippen LogP contribution in [0.1, 0.15) is 24.4 Å². The molecule has 1 unspecified atom stereocenters. The van der Waals surface area contributed by atoms with Crippen molar-refractivity contribution in [1.29, 1.82) is 0 Å². The van der Waals surface area contributed by atoms with E-state index in [9.17, 15) is 9.18 Å². The number of urea groups is 1. The molecule has 1 atom stereocenters. The summed E-state index contributed by atoms with van der Waals surface area (Å²) in [5.41, 5.74) is 1.44. The number of nitrogens with zero attached hydrogens (tertiary/aromatic N) is 2. The highest BCUT2D eigenvalue weighted by Gasteiger charge is 2.11. The fourth-order valence-corrected chi connectivity index (χ4v) is 2.22. The van der Waals surface area contributed by atoms with Crippen LogP contribution in [0.4, 0.5) is 9.18 Å². The quantitative estimate of drug-likeness (QED) is 0.755. The smallest absolute Gasteiger partial charge is 0.315 e. The molecule has 3 aromatic rings. The second-order valence-electron chi connectivity index (χ2n) is 5.29. The van der Waals surface area contributed by atoms with Gasteiger partial charge in [0.1, 0.15) is 11.6 Å². The summed E-state index contributed by atoms with van der Waals surface area (Å²) in [6.45, 7) is 2.12. The number of nitrogens with one attached hydrogen (secondary N) is 2. The van der Waals surface area contributed by atoms with E-state index in [1.165, 1.54) is 12.1 Å². The number of hydrogen-bond donors (Lipinski definition) is 2. The summed E-state index contributed by atoms with van der Waals surface area (Å²) in [6, 6.07) is 10.8. The highest BCUT2D eigenvalue weighted by atomic mass is 19.1. The summed E-state index contributed by atoms with van der Waals surface area (Å²) < 4.78 is 19.8. The molecule has 2 heterocycles. The van der Waals surface area contributed by atoms with Crippen LogP contribution in [0, 0.1) is 5.82 Å². The second-order valence-corrected chi connectivity index (χ2v) is 5.29. The third-order valence-corrected chi connectivity index (χ3v) is 3.48. The van der Waals surface area contributed by atoms with Gasteiger partial charge in [-0.2, -0.15) is 5.10 Å². The Bertz CT molecular complexity index is 796. The maximum absolute atomic E-state index is 12.9. The first-order valence-electron chi connectivity index (χ1n) is 7.50. The average Bonchev–Trinajstić information content (AvgIpc) is 3.25. The van der Waals surface area contributed by atoms with Crippen molar-refractivity contribution < 1.29 is 13.6 Å². The molecular formula is C17H17FN4O2. The highest BCUT2D eigenvalue weighted by Crippen LogP contribution is 2.12. The Hall–Kier alpha value is -3.09. The molecule has 0 saturated carbocycles. The maximum atomic E-state index is 12.9. The van der Waals surface area contributed by atoms with E-state index in [2.05, 4.69) is 15.7 Å². The minimum Gasteiger partial charge on any atom is -0.467 e. The number of amides is 2. The van der Waals surface area contributed by atoms with Gasteiger partial charge < -0.3 is 15.1 Å². The summed E-state index contributed by atoms with van der Waals surface area (Å²) in [5.74, 6) is 0.390. The molecule has 3 rings (SSSR count). The molecule has 2 aromatic heterocycles. The van der Waals surface area contributed by atoms with Crippen LogP contribution < -0.4 is 10.6 Å². The molecule has 0 spiro atoms. The molecule has 6 nitrogen and oxygen atoms in total. The normalized spacial score (nSPS) is 11.9. The molecule has 0 aliphatic carbocycles. The van der Waals surface area contributed by atoms with Gasteiger partial charge >= 0.3 is 6.03 Å². The molecule has 2 amide bonds. The summed E-state index contributed by atoms with van der Waals surface area (Å²) in [6.07, 6.45) is 3.32. The van der Waals surface area contributed by atoms with Gasteiger partial charge in [0.25, 0.3) is 0 Å². The SMILES string of the molecule is CC(NC(=O)NCc1ccn(-c2ccc(F)cc2)n1)c1ccco1. The van der Waals surface area contributed by atoms with Gasteiger partial charge in [0, 0.05) is 6.20 Å². The molecule has 0 aliphatic heterocycles.